The van der Waals surface area contributed by atoms with Crippen LogP contribution in [0.1, 0.15) is 51.4 Å². The molecule has 4 heterocycles. The van der Waals surface area contributed by atoms with E-state index in [0.29, 0.717) is 30.6 Å². The minimum absolute atomic E-state index is 0.270. The van der Waals surface area contributed by atoms with Crippen molar-refractivity contribution in [2.45, 2.75) is 63.5 Å². The van der Waals surface area contributed by atoms with Crippen molar-refractivity contribution < 1.29 is 14.7 Å². The van der Waals surface area contributed by atoms with E-state index < -0.39 is 6.09 Å². The third-order valence-electron chi connectivity index (χ3n) is 8.35. The van der Waals surface area contributed by atoms with E-state index >= 15 is 0 Å². The molecule has 1 spiro atoms. The Hall–Kier alpha value is -1.50. The Kier molecular flexibility index (Phi) is 4.68. The van der Waals surface area contributed by atoms with Gasteiger partial charge in [0.25, 0.3) is 0 Å². The summed E-state index contributed by atoms with van der Waals surface area (Å²) in [6.45, 7) is 6.60. The van der Waals surface area contributed by atoms with Gasteiger partial charge in [0.1, 0.15) is 0 Å². The molecule has 1 atom stereocenters. The van der Waals surface area contributed by atoms with E-state index in [2.05, 4.69) is 9.80 Å². The topological polar surface area (TPSA) is 67.3 Å². The Labute approximate surface area is 167 Å². The molecule has 1 aliphatic carbocycles. The van der Waals surface area contributed by atoms with Crippen molar-refractivity contribution in [1.82, 2.24) is 19.6 Å². The fourth-order valence-corrected chi connectivity index (χ4v) is 6.51. The number of carboxylic acid groups (broad SMARTS) is 1. The maximum absolute atomic E-state index is 12.7. The summed E-state index contributed by atoms with van der Waals surface area (Å²) in [5.74, 6) is 0.659. The van der Waals surface area contributed by atoms with Crippen molar-refractivity contribution in [3.63, 3.8) is 0 Å². The van der Waals surface area contributed by atoms with E-state index in [0.717, 1.165) is 58.5 Å². The molecule has 0 aromatic carbocycles. The van der Waals surface area contributed by atoms with Gasteiger partial charge in [-0.1, -0.05) is 0 Å². The van der Waals surface area contributed by atoms with Crippen LogP contribution >= 0.6 is 0 Å². The van der Waals surface area contributed by atoms with Crippen molar-refractivity contribution in [3.05, 3.63) is 0 Å². The third kappa shape index (κ3) is 3.15. The molecule has 0 unspecified atom stereocenters. The smallest absolute Gasteiger partial charge is 0.407 e. The lowest BCUT2D eigenvalue weighted by molar-refractivity contribution is -0.0146. The van der Waals surface area contributed by atoms with Gasteiger partial charge in [0.05, 0.1) is 0 Å². The summed E-state index contributed by atoms with van der Waals surface area (Å²) in [4.78, 5) is 32.4. The number of carbonyl (C=O) groups is 2. The predicted molar refractivity (Wildman–Crippen MR) is 105 cm³/mol. The van der Waals surface area contributed by atoms with Crippen LogP contribution in [0.5, 0.6) is 0 Å². The van der Waals surface area contributed by atoms with Crippen LogP contribution in [0, 0.1) is 11.3 Å². The van der Waals surface area contributed by atoms with Gasteiger partial charge >= 0.3 is 12.1 Å². The predicted octanol–water partition coefficient (Wildman–Crippen LogP) is 2.52. The van der Waals surface area contributed by atoms with Crippen molar-refractivity contribution in [1.29, 1.82) is 0 Å². The molecule has 7 heteroatoms. The summed E-state index contributed by atoms with van der Waals surface area (Å²) in [5, 5.41) is 9.21. The van der Waals surface area contributed by atoms with Gasteiger partial charge in [-0.05, 0) is 75.8 Å². The summed E-state index contributed by atoms with van der Waals surface area (Å²) in [7, 11) is 0. The fourth-order valence-electron chi connectivity index (χ4n) is 6.51. The third-order valence-corrected chi connectivity index (χ3v) is 8.35. The van der Waals surface area contributed by atoms with Gasteiger partial charge in [-0.3, -0.25) is 0 Å². The summed E-state index contributed by atoms with van der Waals surface area (Å²) in [6, 6.07) is 1.40. The monoisotopic (exact) mass is 390 g/mol. The number of urea groups is 1. The van der Waals surface area contributed by atoms with Gasteiger partial charge in [0, 0.05) is 44.8 Å². The molecule has 28 heavy (non-hydrogen) atoms. The lowest BCUT2D eigenvalue weighted by Gasteiger charge is -2.52. The zero-order chi connectivity index (χ0) is 19.3. The Morgan fingerprint density at radius 3 is 2.21 bits per heavy atom. The van der Waals surface area contributed by atoms with Gasteiger partial charge in [0.2, 0.25) is 0 Å². The molecule has 0 aromatic rings. The normalized spacial score (nSPS) is 36.6. The summed E-state index contributed by atoms with van der Waals surface area (Å²) in [6.07, 6.45) is 8.55. The summed E-state index contributed by atoms with van der Waals surface area (Å²) in [5.41, 5.74) is 0.270. The largest absolute Gasteiger partial charge is 0.465 e. The number of carbonyl (C=O) groups excluding carboxylic acids is 1. The highest BCUT2D eigenvalue weighted by molar-refractivity contribution is 5.75. The van der Waals surface area contributed by atoms with Crippen LogP contribution in [0.3, 0.4) is 0 Å². The highest BCUT2D eigenvalue weighted by Gasteiger charge is 2.51. The Morgan fingerprint density at radius 1 is 0.857 bits per heavy atom. The highest BCUT2D eigenvalue weighted by atomic mass is 16.4. The van der Waals surface area contributed by atoms with Crippen LogP contribution in [0.15, 0.2) is 0 Å². The first-order valence-corrected chi connectivity index (χ1v) is 11.3. The SMILES string of the molecule is O=C(O)N1CCC2(CC(N3CCC([C@@H]4CCCN4C(=O)N4CCC4)CC3)C2)C1. The number of hydrogen-bond acceptors (Lipinski definition) is 3. The first-order valence-electron chi connectivity index (χ1n) is 11.3. The number of likely N-dealkylation sites (tertiary alicyclic amines) is 4. The molecule has 5 fully saturated rings. The average Bonchev–Trinajstić information content (AvgIpc) is 3.26. The van der Waals surface area contributed by atoms with Crippen molar-refractivity contribution >= 4 is 12.1 Å². The molecule has 4 saturated heterocycles. The maximum Gasteiger partial charge on any atom is 0.407 e. The summed E-state index contributed by atoms with van der Waals surface area (Å²) < 4.78 is 0. The molecule has 1 saturated carbocycles. The zero-order valence-electron chi connectivity index (χ0n) is 16.9. The summed E-state index contributed by atoms with van der Waals surface area (Å²) >= 11 is 0. The Balaban J connectivity index is 1.10. The molecule has 0 bridgehead atoms. The van der Waals surface area contributed by atoms with Gasteiger partial charge in [-0.2, -0.15) is 0 Å². The van der Waals surface area contributed by atoms with Crippen molar-refractivity contribution in [2.75, 3.05) is 45.8 Å². The lowest BCUT2D eigenvalue weighted by atomic mass is 9.64. The highest BCUT2D eigenvalue weighted by Crippen LogP contribution is 2.50. The Bertz CT molecular complexity index is 623. The van der Waals surface area contributed by atoms with Crippen LogP contribution < -0.4 is 0 Å². The maximum atomic E-state index is 12.7. The number of nitrogens with zero attached hydrogens (tertiary/aromatic N) is 4. The van der Waals surface area contributed by atoms with Crippen LogP contribution in [0.25, 0.3) is 0 Å². The first-order chi connectivity index (χ1) is 13.5. The first kappa shape index (κ1) is 18.5. The van der Waals surface area contributed by atoms with Crippen molar-refractivity contribution in [2.24, 2.45) is 11.3 Å². The molecule has 5 aliphatic rings. The molecule has 156 valence electrons. The second-order valence-corrected chi connectivity index (χ2v) is 9.92. The van der Waals surface area contributed by atoms with E-state index in [1.54, 1.807) is 4.90 Å². The zero-order valence-corrected chi connectivity index (χ0v) is 16.9. The van der Waals surface area contributed by atoms with E-state index in [4.69, 9.17) is 0 Å². The van der Waals surface area contributed by atoms with Crippen LogP contribution in [-0.4, -0.2) is 94.7 Å². The second kappa shape index (κ2) is 7.08. The lowest BCUT2D eigenvalue weighted by Crippen LogP contribution is -2.56. The van der Waals surface area contributed by atoms with Crippen LogP contribution in [0.2, 0.25) is 0 Å². The number of hydrogen-bond donors (Lipinski definition) is 1. The average molecular weight is 391 g/mol. The van der Waals surface area contributed by atoms with E-state index in [-0.39, 0.29) is 5.41 Å². The fraction of sp³-hybridized carbons (Fsp3) is 0.905. The van der Waals surface area contributed by atoms with Crippen LogP contribution in [-0.2, 0) is 0 Å². The molecule has 0 radical (unpaired) electrons. The molecule has 0 aromatic heterocycles. The molecule has 5 rings (SSSR count). The van der Waals surface area contributed by atoms with Gasteiger partial charge < -0.3 is 24.7 Å². The van der Waals surface area contributed by atoms with Gasteiger partial charge in [-0.15, -0.1) is 0 Å². The number of piperidine rings is 1. The van der Waals surface area contributed by atoms with Crippen LogP contribution in [0.4, 0.5) is 9.59 Å². The second-order valence-electron chi connectivity index (χ2n) is 9.92. The van der Waals surface area contributed by atoms with Crippen molar-refractivity contribution in [3.8, 4) is 0 Å². The molecule has 3 amide bonds. The standard InChI is InChI=1S/C21H34N4O3/c26-19(23-7-2-8-23)25-9-1-3-18(25)16-4-10-22(11-5-16)17-13-21(14-17)6-12-24(15-21)20(27)28/h16-18H,1-15H2,(H,27,28)/t17?,18-,21?/m0/s1. The van der Waals surface area contributed by atoms with E-state index in [1.165, 1.54) is 32.1 Å². The molecular weight excluding hydrogens is 356 g/mol. The van der Waals surface area contributed by atoms with Gasteiger partial charge in [0.15, 0.2) is 0 Å². The number of rotatable bonds is 2. The number of amides is 3. The molecule has 4 aliphatic heterocycles. The minimum atomic E-state index is -0.755. The molecular formula is C21H34N4O3. The molecule has 7 nitrogen and oxygen atoms in total. The van der Waals surface area contributed by atoms with E-state index in [9.17, 15) is 14.7 Å². The molecule has 1 N–H and O–H groups in total. The minimum Gasteiger partial charge on any atom is -0.465 e. The quantitative estimate of drug-likeness (QED) is 0.787. The van der Waals surface area contributed by atoms with E-state index in [1.807, 2.05) is 4.90 Å². The Morgan fingerprint density at radius 2 is 1.61 bits per heavy atom. The van der Waals surface area contributed by atoms with Gasteiger partial charge in [-0.25, -0.2) is 9.59 Å².